The van der Waals surface area contributed by atoms with Gasteiger partial charge in [-0.1, -0.05) is 0 Å². The Kier molecular flexibility index (Phi) is 5.63. The maximum Gasteiger partial charge on any atom is 0.410 e. The van der Waals surface area contributed by atoms with Crippen LogP contribution >= 0.6 is 0 Å². The normalized spacial score (nSPS) is 17.9. The molecule has 23 heavy (non-hydrogen) atoms. The Morgan fingerprint density at radius 2 is 2.26 bits per heavy atom. The van der Waals surface area contributed by atoms with Crippen LogP contribution < -0.4 is 10.1 Å². The summed E-state index contributed by atoms with van der Waals surface area (Å²) in [6.07, 6.45) is 2.30. The molecule has 1 aliphatic rings. The van der Waals surface area contributed by atoms with E-state index in [0.29, 0.717) is 25.7 Å². The van der Waals surface area contributed by atoms with Crippen molar-refractivity contribution in [1.29, 1.82) is 0 Å². The Bertz CT molecular complexity index is 530. The average Bonchev–Trinajstić information content (AvgIpc) is 2.93. The summed E-state index contributed by atoms with van der Waals surface area (Å²) >= 11 is 0. The molecule has 1 aliphatic heterocycles. The van der Waals surface area contributed by atoms with Gasteiger partial charge in [-0.15, -0.1) is 0 Å². The number of hydrogen-bond acceptors (Lipinski definition) is 6. The first kappa shape index (κ1) is 17.3. The van der Waals surface area contributed by atoms with Crippen molar-refractivity contribution < 1.29 is 14.3 Å². The fourth-order valence-electron chi connectivity index (χ4n) is 2.34. The van der Waals surface area contributed by atoms with Crippen LogP contribution in [0.4, 0.5) is 10.6 Å². The average molecular weight is 322 g/mol. The highest BCUT2D eigenvalue weighted by molar-refractivity contribution is 5.68. The minimum atomic E-state index is -0.466. The molecular formula is C16H26N4O3. The maximum atomic E-state index is 12.0. The minimum Gasteiger partial charge on any atom is -0.463 e. The van der Waals surface area contributed by atoms with Crippen LogP contribution in [0.1, 0.15) is 34.1 Å². The fraction of sp³-hybridized carbons (Fsp3) is 0.688. The van der Waals surface area contributed by atoms with Crippen molar-refractivity contribution >= 4 is 11.9 Å². The lowest BCUT2D eigenvalue weighted by Crippen LogP contribution is -2.35. The molecule has 0 aromatic carbocycles. The van der Waals surface area contributed by atoms with Crippen molar-refractivity contribution in [2.45, 2.75) is 39.7 Å². The Labute approximate surface area is 137 Å². The number of carbonyl (C=O) groups is 1. The van der Waals surface area contributed by atoms with Crippen molar-refractivity contribution in [3.8, 4) is 6.01 Å². The zero-order valence-electron chi connectivity index (χ0n) is 14.3. The number of amides is 1. The van der Waals surface area contributed by atoms with E-state index >= 15 is 0 Å². The third-order valence-electron chi connectivity index (χ3n) is 3.38. The molecule has 1 fully saturated rings. The van der Waals surface area contributed by atoms with E-state index in [2.05, 4.69) is 15.3 Å². The Balaban J connectivity index is 1.79. The van der Waals surface area contributed by atoms with Gasteiger partial charge < -0.3 is 19.7 Å². The van der Waals surface area contributed by atoms with E-state index < -0.39 is 5.60 Å². The standard InChI is InChI=1S/C16H26N4O3/c1-5-17-13-6-8-18-14(19-13)22-11-12-7-9-20(10-12)15(21)23-16(2,3)4/h6,8,12H,5,7,9-11H2,1-4H3,(H,17,18,19)/t12-/m0/s1. The molecule has 1 atom stereocenters. The minimum absolute atomic E-state index is 0.259. The molecule has 0 radical (unpaired) electrons. The van der Waals surface area contributed by atoms with Crippen LogP contribution in [0.25, 0.3) is 0 Å². The van der Waals surface area contributed by atoms with Gasteiger partial charge in [-0.25, -0.2) is 9.78 Å². The molecule has 0 spiro atoms. The lowest BCUT2D eigenvalue weighted by Gasteiger charge is -2.24. The number of hydrogen-bond donors (Lipinski definition) is 1. The number of ether oxygens (including phenoxy) is 2. The molecule has 1 saturated heterocycles. The highest BCUT2D eigenvalue weighted by Crippen LogP contribution is 2.20. The molecule has 7 heteroatoms. The summed E-state index contributed by atoms with van der Waals surface area (Å²) in [5.41, 5.74) is -0.466. The van der Waals surface area contributed by atoms with Crippen molar-refractivity contribution in [2.24, 2.45) is 5.92 Å². The third kappa shape index (κ3) is 5.58. The number of rotatable bonds is 5. The van der Waals surface area contributed by atoms with Crippen molar-refractivity contribution in [2.75, 3.05) is 31.6 Å². The van der Waals surface area contributed by atoms with Crippen LogP contribution in [0.2, 0.25) is 0 Å². The van der Waals surface area contributed by atoms with E-state index in [1.54, 1.807) is 17.2 Å². The number of anilines is 1. The first-order valence-electron chi connectivity index (χ1n) is 8.05. The van der Waals surface area contributed by atoms with Crippen LogP contribution in [-0.2, 0) is 4.74 Å². The molecule has 2 heterocycles. The van der Waals surface area contributed by atoms with Crippen molar-refractivity contribution in [1.82, 2.24) is 14.9 Å². The van der Waals surface area contributed by atoms with Gasteiger partial charge in [-0.2, -0.15) is 4.98 Å². The second-order valence-corrected chi connectivity index (χ2v) is 6.65. The smallest absolute Gasteiger partial charge is 0.410 e. The van der Waals surface area contributed by atoms with Crippen LogP contribution in [-0.4, -0.2) is 52.8 Å². The molecule has 0 unspecified atom stereocenters. The number of carbonyl (C=O) groups excluding carboxylic acids is 1. The summed E-state index contributed by atoms with van der Waals surface area (Å²) in [6, 6.07) is 2.16. The van der Waals surface area contributed by atoms with E-state index in [4.69, 9.17) is 9.47 Å². The molecule has 1 aromatic rings. The van der Waals surface area contributed by atoms with E-state index in [1.165, 1.54) is 0 Å². The highest BCUT2D eigenvalue weighted by atomic mass is 16.6. The molecule has 1 amide bonds. The Hall–Kier alpha value is -2.05. The second-order valence-electron chi connectivity index (χ2n) is 6.65. The van der Waals surface area contributed by atoms with Gasteiger partial charge in [0.2, 0.25) is 0 Å². The zero-order chi connectivity index (χ0) is 16.9. The van der Waals surface area contributed by atoms with Gasteiger partial charge in [0, 0.05) is 31.7 Å². The van der Waals surface area contributed by atoms with Crippen LogP contribution in [0.15, 0.2) is 12.3 Å². The third-order valence-corrected chi connectivity index (χ3v) is 3.38. The zero-order valence-corrected chi connectivity index (χ0v) is 14.3. The monoisotopic (exact) mass is 322 g/mol. The van der Waals surface area contributed by atoms with Crippen LogP contribution in [0.3, 0.4) is 0 Å². The molecule has 0 bridgehead atoms. The Morgan fingerprint density at radius 3 is 2.96 bits per heavy atom. The van der Waals surface area contributed by atoms with Gasteiger partial charge >= 0.3 is 12.1 Å². The molecular weight excluding hydrogens is 296 g/mol. The van der Waals surface area contributed by atoms with Gasteiger partial charge in [0.15, 0.2) is 0 Å². The molecule has 0 aliphatic carbocycles. The quantitative estimate of drug-likeness (QED) is 0.898. The first-order valence-corrected chi connectivity index (χ1v) is 8.05. The lowest BCUT2D eigenvalue weighted by atomic mass is 10.1. The molecule has 1 aromatic heterocycles. The maximum absolute atomic E-state index is 12.0. The highest BCUT2D eigenvalue weighted by Gasteiger charge is 2.30. The molecule has 1 N–H and O–H groups in total. The van der Waals surface area contributed by atoms with Gasteiger partial charge in [0.1, 0.15) is 11.4 Å². The number of nitrogens with zero attached hydrogens (tertiary/aromatic N) is 3. The second kappa shape index (κ2) is 7.48. The fourth-order valence-corrected chi connectivity index (χ4v) is 2.34. The van der Waals surface area contributed by atoms with Gasteiger partial charge in [-0.05, 0) is 40.2 Å². The van der Waals surface area contributed by atoms with Crippen molar-refractivity contribution in [3.63, 3.8) is 0 Å². The van der Waals surface area contributed by atoms with Gasteiger partial charge in [-0.3, -0.25) is 0 Å². The molecule has 2 rings (SSSR count). The topological polar surface area (TPSA) is 76.6 Å². The van der Waals surface area contributed by atoms with Gasteiger partial charge in [0.25, 0.3) is 0 Å². The molecule has 0 saturated carbocycles. The van der Waals surface area contributed by atoms with Gasteiger partial charge in [0.05, 0.1) is 6.61 Å². The number of aromatic nitrogens is 2. The summed E-state index contributed by atoms with van der Waals surface area (Å²) in [5.74, 6) is 1.02. The summed E-state index contributed by atoms with van der Waals surface area (Å²) in [6.45, 7) is 10.2. The first-order chi connectivity index (χ1) is 10.9. The molecule has 128 valence electrons. The Morgan fingerprint density at radius 1 is 1.48 bits per heavy atom. The van der Waals surface area contributed by atoms with Crippen molar-refractivity contribution in [3.05, 3.63) is 12.3 Å². The summed E-state index contributed by atoms with van der Waals surface area (Å²) in [7, 11) is 0. The van der Waals surface area contributed by atoms with E-state index in [0.717, 1.165) is 18.8 Å². The van der Waals surface area contributed by atoms with E-state index in [9.17, 15) is 4.79 Å². The lowest BCUT2D eigenvalue weighted by molar-refractivity contribution is 0.0284. The summed E-state index contributed by atoms with van der Waals surface area (Å²) in [5, 5.41) is 3.12. The number of likely N-dealkylation sites (tertiary alicyclic amines) is 1. The predicted octanol–water partition coefficient (Wildman–Crippen LogP) is 2.54. The van der Waals surface area contributed by atoms with Crippen LogP contribution in [0, 0.1) is 5.92 Å². The molecule has 7 nitrogen and oxygen atoms in total. The largest absolute Gasteiger partial charge is 0.463 e. The summed E-state index contributed by atoms with van der Waals surface area (Å²) in [4.78, 5) is 22.1. The van der Waals surface area contributed by atoms with E-state index in [-0.39, 0.29) is 12.0 Å². The number of nitrogens with one attached hydrogen (secondary N) is 1. The van der Waals surface area contributed by atoms with Crippen LogP contribution in [0.5, 0.6) is 6.01 Å². The predicted molar refractivity (Wildman–Crippen MR) is 87.6 cm³/mol. The van der Waals surface area contributed by atoms with E-state index in [1.807, 2.05) is 27.7 Å². The summed E-state index contributed by atoms with van der Waals surface area (Å²) < 4.78 is 11.1. The SMILES string of the molecule is CCNc1ccnc(OC[C@H]2CCN(C(=O)OC(C)(C)C)C2)n1.